The molecule has 0 aliphatic carbocycles. The summed E-state index contributed by atoms with van der Waals surface area (Å²) in [6, 6.07) is 18.9. The van der Waals surface area contributed by atoms with Gasteiger partial charge in [-0.05, 0) is 76.7 Å². The molecule has 2 heterocycles. The maximum atomic E-state index is 12.9. The molecule has 1 atom stereocenters. The first-order valence-electron chi connectivity index (χ1n) is 13.3. The number of piperidine rings is 1. The number of rotatable bonds is 9. The Kier molecular flexibility index (Phi) is 8.82. The summed E-state index contributed by atoms with van der Waals surface area (Å²) in [7, 11) is 1.40. The molecule has 196 valence electrons. The van der Waals surface area contributed by atoms with E-state index in [2.05, 4.69) is 40.5 Å². The largest absolute Gasteiger partial charge is 0.466 e. The van der Waals surface area contributed by atoms with Crippen LogP contribution in [0.15, 0.2) is 77.3 Å². The number of nitrogens with one attached hydrogen (secondary N) is 1. The van der Waals surface area contributed by atoms with Crippen molar-refractivity contribution in [3.63, 3.8) is 0 Å². The molecule has 1 unspecified atom stereocenters. The summed E-state index contributed by atoms with van der Waals surface area (Å²) < 4.78 is 5.16. The number of ether oxygens (including phenoxy) is 1. The molecule has 1 saturated heterocycles. The lowest BCUT2D eigenvalue weighted by Gasteiger charge is -2.36. The minimum atomic E-state index is -0.382. The highest BCUT2D eigenvalue weighted by molar-refractivity contribution is 5.92. The molecule has 2 aliphatic rings. The fourth-order valence-corrected chi connectivity index (χ4v) is 5.74. The van der Waals surface area contributed by atoms with Gasteiger partial charge in [-0.1, -0.05) is 60.2 Å². The van der Waals surface area contributed by atoms with Crippen LogP contribution in [0.25, 0.3) is 0 Å². The number of carbonyl (C=O) groups is 2. The Labute approximate surface area is 221 Å². The number of amides is 1. The topological polar surface area (TPSA) is 61.9 Å². The molecule has 6 heteroatoms. The van der Waals surface area contributed by atoms with Gasteiger partial charge in [-0.25, -0.2) is 4.79 Å². The Morgan fingerprint density at radius 1 is 1.00 bits per heavy atom. The highest BCUT2D eigenvalue weighted by atomic mass is 16.5. The highest BCUT2D eigenvalue weighted by Gasteiger charge is 2.36. The first kappa shape index (κ1) is 26.7. The molecule has 6 nitrogen and oxygen atoms in total. The lowest BCUT2D eigenvalue weighted by atomic mass is 9.83. The summed E-state index contributed by atoms with van der Waals surface area (Å²) >= 11 is 0. The molecule has 0 radical (unpaired) electrons. The van der Waals surface area contributed by atoms with Gasteiger partial charge in [0.2, 0.25) is 6.41 Å². The Morgan fingerprint density at radius 2 is 1.68 bits per heavy atom. The SMILES string of the molecule is COC(=O)C1=C(C)NC(C)=C(N(C=O)CCCN2CCC(c3ccccc3)CC2)C1c1ccc(C)cc1. The Bertz CT molecular complexity index is 1150. The van der Waals surface area contributed by atoms with E-state index in [4.69, 9.17) is 4.74 Å². The quantitative estimate of drug-likeness (QED) is 0.383. The van der Waals surface area contributed by atoms with Crippen molar-refractivity contribution in [3.8, 4) is 0 Å². The molecular weight excluding hydrogens is 462 g/mol. The molecule has 4 rings (SSSR count). The molecule has 0 spiro atoms. The smallest absolute Gasteiger partial charge is 0.336 e. The van der Waals surface area contributed by atoms with Gasteiger partial charge in [0.15, 0.2) is 0 Å². The molecule has 1 amide bonds. The average molecular weight is 502 g/mol. The summed E-state index contributed by atoms with van der Waals surface area (Å²) in [6.45, 7) is 9.58. The number of hydrogen-bond donors (Lipinski definition) is 1. The van der Waals surface area contributed by atoms with Crippen molar-refractivity contribution >= 4 is 12.4 Å². The number of allylic oxidation sites excluding steroid dienone is 3. The van der Waals surface area contributed by atoms with Crippen molar-refractivity contribution in [2.24, 2.45) is 0 Å². The Hall–Kier alpha value is -3.38. The molecule has 2 aromatic carbocycles. The van der Waals surface area contributed by atoms with Crippen molar-refractivity contribution in [2.75, 3.05) is 33.3 Å². The van der Waals surface area contributed by atoms with E-state index in [9.17, 15) is 9.59 Å². The van der Waals surface area contributed by atoms with E-state index in [0.29, 0.717) is 18.0 Å². The normalized spacial score (nSPS) is 19.0. The number of dihydropyridines is 1. The Balaban J connectivity index is 1.46. The van der Waals surface area contributed by atoms with Crippen LogP contribution in [0, 0.1) is 6.92 Å². The maximum Gasteiger partial charge on any atom is 0.336 e. The van der Waals surface area contributed by atoms with Crippen LogP contribution < -0.4 is 5.32 Å². The van der Waals surface area contributed by atoms with Crippen molar-refractivity contribution < 1.29 is 14.3 Å². The fourth-order valence-electron chi connectivity index (χ4n) is 5.74. The number of methoxy groups -OCH3 is 1. The van der Waals surface area contributed by atoms with Gasteiger partial charge in [0.05, 0.1) is 24.3 Å². The predicted octanol–water partition coefficient (Wildman–Crippen LogP) is 5.09. The summed E-state index contributed by atoms with van der Waals surface area (Å²) in [4.78, 5) is 29.6. The minimum absolute atomic E-state index is 0.374. The van der Waals surface area contributed by atoms with E-state index in [1.165, 1.54) is 12.7 Å². The second-order valence-corrected chi connectivity index (χ2v) is 10.2. The van der Waals surface area contributed by atoms with Crippen molar-refractivity contribution in [1.82, 2.24) is 15.1 Å². The number of likely N-dealkylation sites (tertiary alicyclic amines) is 1. The van der Waals surface area contributed by atoms with Crippen molar-refractivity contribution in [2.45, 2.75) is 51.9 Å². The highest BCUT2D eigenvalue weighted by Crippen LogP contribution is 2.40. The lowest BCUT2D eigenvalue weighted by molar-refractivity contribution is -0.136. The molecular formula is C31H39N3O3. The summed E-state index contributed by atoms with van der Waals surface area (Å²) in [6.07, 6.45) is 4.09. The van der Waals surface area contributed by atoms with E-state index < -0.39 is 0 Å². The van der Waals surface area contributed by atoms with Gasteiger partial charge in [0.25, 0.3) is 0 Å². The molecule has 37 heavy (non-hydrogen) atoms. The number of esters is 1. The number of aryl methyl sites for hydroxylation is 1. The van der Waals surface area contributed by atoms with Gasteiger partial charge in [-0.2, -0.15) is 0 Å². The fraction of sp³-hybridized carbons (Fsp3) is 0.419. The monoisotopic (exact) mass is 501 g/mol. The second-order valence-electron chi connectivity index (χ2n) is 10.2. The molecule has 2 aromatic rings. The van der Waals surface area contributed by atoms with E-state index in [1.807, 2.05) is 45.0 Å². The van der Waals surface area contributed by atoms with Gasteiger partial charge >= 0.3 is 5.97 Å². The third kappa shape index (κ3) is 6.13. The Morgan fingerprint density at radius 3 is 2.30 bits per heavy atom. The molecule has 1 fully saturated rings. The van der Waals surface area contributed by atoms with Crippen LogP contribution in [0.4, 0.5) is 0 Å². The van der Waals surface area contributed by atoms with Gasteiger partial charge < -0.3 is 19.9 Å². The predicted molar refractivity (Wildman–Crippen MR) is 147 cm³/mol. The van der Waals surface area contributed by atoms with Gasteiger partial charge in [-0.3, -0.25) is 4.79 Å². The van der Waals surface area contributed by atoms with Crippen LogP contribution in [-0.4, -0.2) is 55.5 Å². The number of benzene rings is 2. The standard InChI is InChI=1S/C31H39N3O3/c1-22-11-13-27(14-12-22)29-28(31(36)37-4)23(2)32-24(3)30(29)34(21-35)18-8-17-33-19-15-26(16-20-33)25-9-6-5-7-10-25/h5-7,9-14,21,26,29,32H,8,15-20H2,1-4H3. The summed E-state index contributed by atoms with van der Waals surface area (Å²) in [5, 5.41) is 3.33. The number of nitrogens with zero attached hydrogens (tertiary/aromatic N) is 2. The lowest BCUT2D eigenvalue weighted by Crippen LogP contribution is -2.38. The molecule has 0 saturated carbocycles. The zero-order valence-corrected chi connectivity index (χ0v) is 22.5. The average Bonchev–Trinajstić information content (AvgIpc) is 2.92. The van der Waals surface area contributed by atoms with Crippen LogP contribution in [0.2, 0.25) is 0 Å². The van der Waals surface area contributed by atoms with E-state index in [-0.39, 0.29) is 11.9 Å². The zero-order valence-electron chi connectivity index (χ0n) is 22.5. The number of hydrogen-bond acceptors (Lipinski definition) is 5. The third-order valence-corrected chi connectivity index (χ3v) is 7.71. The molecule has 0 aromatic heterocycles. The molecule has 2 aliphatic heterocycles. The van der Waals surface area contributed by atoms with Crippen molar-refractivity contribution in [3.05, 3.63) is 94.0 Å². The van der Waals surface area contributed by atoms with E-state index in [1.54, 1.807) is 4.90 Å². The summed E-state index contributed by atoms with van der Waals surface area (Å²) in [5.74, 6) is -0.124. The van der Waals surface area contributed by atoms with Crippen LogP contribution in [0.1, 0.15) is 61.6 Å². The molecule has 1 N–H and O–H groups in total. The molecule has 0 bridgehead atoms. The maximum absolute atomic E-state index is 12.9. The minimum Gasteiger partial charge on any atom is -0.466 e. The van der Waals surface area contributed by atoms with Gasteiger partial charge in [-0.15, -0.1) is 0 Å². The number of carbonyl (C=O) groups excluding carboxylic acids is 2. The van der Waals surface area contributed by atoms with E-state index in [0.717, 1.165) is 73.5 Å². The van der Waals surface area contributed by atoms with E-state index >= 15 is 0 Å². The third-order valence-electron chi connectivity index (χ3n) is 7.71. The van der Waals surface area contributed by atoms with Crippen LogP contribution in [-0.2, 0) is 14.3 Å². The van der Waals surface area contributed by atoms with Gasteiger partial charge in [0, 0.05) is 17.9 Å². The summed E-state index contributed by atoms with van der Waals surface area (Å²) in [5.41, 5.74) is 6.54. The second kappa shape index (κ2) is 12.2. The first-order valence-corrected chi connectivity index (χ1v) is 13.3. The first-order chi connectivity index (χ1) is 17.9. The zero-order chi connectivity index (χ0) is 26.4. The van der Waals surface area contributed by atoms with Crippen LogP contribution in [0.3, 0.4) is 0 Å². The van der Waals surface area contributed by atoms with Crippen molar-refractivity contribution in [1.29, 1.82) is 0 Å². The van der Waals surface area contributed by atoms with Crippen LogP contribution >= 0.6 is 0 Å². The van der Waals surface area contributed by atoms with Crippen LogP contribution in [0.5, 0.6) is 0 Å². The van der Waals surface area contributed by atoms with Gasteiger partial charge in [0.1, 0.15) is 0 Å².